The molecule has 0 aliphatic rings. The Kier molecular flexibility index (Phi) is 12.6. The van der Waals surface area contributed by atoms with E-state index in [-0.39, 0.29) is 30.1 Å². The molecule has 0 spiro atoms. The number of esters is 1. The third-order valence-electron chi connectivity index (χ3n) is 6.89. The van der Waals surface area contributed by atoms with Gasteiger partial charge < -0.3 is 20.7 Å². The summed E-state index contributed by atoms with van der Waals surface area (Å²) in [5.74, 6) is -2.31. The molecule has 2 aromatic carbocycles. The minimum Gasteiger partial charge on any atom is -0.456 e. The molecule has 2 unspecified atom stereocenters. The normalized spacial score (nSPS) is 12.5. The van der Waals surface area contributed by atoms with Crippen molar-refractivity contribution in [3.63, 3.8) is 0 Å². The molecule has 226 valence electrons. The lowest BCUT2D eigenvalue weighted by Crippen LogP contribution is -2.46. The van der Waals surface area contributed by atoms with E-state index in [1.165, 1.54) is 23.8 Å². The summed E-state index contributed by atoms with van der Waals surface area (Å²) in [6, 6.07) is 13.6. The highest BCUT2D eigenvalue weighted by Gasteiger charge is 2.25. The van der Waals surface area contributed by atoms with E-state index in [2.05, 4.69) is 29.4 Å². The average molecular weight is 581 g/mol. The Bertz CT molecular complexity index is 1320. The number of benzene rings is 2. The Morgan fingerprint density at radius 2 is 1.62 bits per heavy atom. The first-order chi connectivity index (χ1) is 20.1. The predicted octanol–water partition coefficient (Wildman–Crippen LogP) is 5.38. The van der Waals surface area contributed by atoms with Crippen LogP contribution in [0, 0.1) is 18.6 Å². The largest absolute Gasteiger partial charge is 0.456 e. The molecule has 42 heavy (non-hydrogen) atoms. The molecule has 0 aliphatic carbocycles. The number of hydrogen-bond donors (Lipinski definition) is 2. The third kappa shape index (κ3) is 9.70. The monoisotopic (exact) mass is 580 g/mol. The molecule has 7 nitrogen and oxygen atoms in total. The van der Waals surface area contributed by atoms with Crippen molar-refractivity contribution in [1.29, 1.82) is 0 Å². The van der Waals surface area contributed by atoms with Crippen molar-refractivity contribution in [1.82, 2.24) is 15.2 Å². The van der Waals surface area contributed by atoms with Crippen LogP contribution in [0.5, 0.6) is 0 Å². The number of nitrogens with one attached hydrogen (secondary N) is 1. The molecule has 0 bridgehead atoms. The number of nitrogens with two attached hydrogens (primary N) is 1. The molecule has 3 N–H and O–H groups in total. The van der Waals surface area contributed by atoms with Gasteiger partial charge in [0, 0.05) is 44.0 Å². The number of aryl methyl sites for hydroxylation is 2. The lowest BCUT2D eigenvalue weighted by molar-refractivity contribution is 0.0238. The van der Waals surface area contributed by atoms with E-state index >= 15 is 0 Å². The van der Waals surface area contributed by atoms with Crippen molar-refractivity contribution in [3.05, 3.63) is 99.9 Å². The van der Waals surface area contributed by atoms with E-state index in [0.29, 0.717) is 30.9 Å². The van der Waals surface area contributed by atoms with E-state index in [1.54, 1.807) is 17.9 Å². The van der Waals surface area contributed by atoms with Gasteiger partial charge in [-0.15, -0.1) is 0 Å². The summed E-state index contributed by atoms with van der Waals surface area (Å²) in [4.78, 5) is 32.7. The maximum atomic E-state index is 13.8. The van der Waals surface area contributed by atoms with Crippen molar-refractivity contribution in [3.8, 4) is 0 Å². The van der Waals surface area contributed by atoms with Gasteiger partial charge in [0.15, 0.2) is 0 Å². The van der Waals surface area contributed by atoms with Crippen LogP contribution < -0.4 is 11.1 Å². The van der Waals surface area contributed by atoms with Crippen LogP contribution in [0.25, 0.3) is 0 Å². The molecule has 1 amide bonds. The molecule has 1 aromatic heterocycles. The van der Waals surface area contributed by atoms with Crippen molar-refractivity contribution in [2.45, 2.75) is 72.1 Å². The first-order valence-electron chi connectivity index (χ1n) is 14.6. The molecule has 9 heteroatoms. The van der Waals surface area contributed by atoms with Gasteiger partial charge in [0.05, 0.1) is 5.56 Å². The van der Waals surface area contributed by atoms with Crippen LogP contribution in [0.3, 0.4) is 0 Å². The number of nitrogens with zero attached hydrogens (tertiary/aromatic N) is 2. The maximum Gasteiger partial charge on any atom is 0.338 e. The molecular formula is C33H42F2N4O3. The summed E-state index contributed by atoms with van der Waals surface area (Å²) in [7, 11) is 0. The standard InChI is InChI=1S/C33H42F2N4O3/c1-5-11-39(12-6-2)32(40)30-18-26(13-22(4)38-30)33(41)42-31(21-37-20-24-10-8-9-23(7-3)14-24)29(36)17-25-15-27(34)19-28(35)16-25/h8-10,13-16,18-19,29,31,37H,5-7,11-12,17,20-21,36H2,1-4H3. The topological polar surface area (TPSA) is 97.5 Å². The number of aromatic nitrogens is 1. The van der Waals surface area contributed by atoms with Gasteiger partial charge in [-0.1, -0.05) is 45.0 Å². The average Bonchev–Trinajstić information content (AvgIpc) is 2.95. The zero-order chi connectivity index (χ0) is 30.6. The highest BCUT2D eigenvalue weighted by molar-refractivity contribution is 5.96. The van der Waals surface area contributed by atoms with E-state index in [0.717, 1.165) is 30.9 Å². The maximum absolute atomic E-state index is 13.8. The lowest BCUT2D eigenvalue weighted by atomic mass is 10.0. The van der Waals surface area contributed by atoms with Gasteiger partial charge in [-0.25, -0.2) is 18.6 Å². The van der Waals surface area contributed by atoms with Gasteiger partial charge >= 0.3 is 5.97 Å². The molecule has 0 fully saturated rings. The van der Waals surface area contributed by atoms with Crippen LogP contribution in [0.15, 0.2) is 54.6 Å². The lowest BCUT2D eigenvalue weighted by Gasteiger charge is -2.25. The van der Waals surface area contributed by atoms with Crippen LogP contribution in [-0.4, -0.2) is 53.5 Å². The number of carbonyl (C=O) groups is 2. The number of carbonyl (C=O) groups excluding carboxylic acids is 2. The van der Waals surface area contributed by atoms with Crippen LogP contribution in [0.4, 0.5) is 8.78 Å². The highest BCUT2D eigenvalue weighted by Crippen LogP contribution is 2.16. The molecular weight excluding hydrogens is 538 g/mol. The molecule has 0 saturated carbocycles. The Morgan fingerprint density at radius 3 is 2.26 bits per heavy atom. The fourth-order valence-electron chi connectivity index (χ4n) is 4.85. The number of halogens is 2. The SMILES string of the molecule is CCCN(CCC)C(=O)c1cc(C(=O)OC(CNCc2cccc(CC)c2)C(N)Cc2cc(F)cc(F)c2)cc(C)n1. The van der Waals surface area contributed by atoms with Gasteiger partial charge in [0.25, 0.3) is 5.91 Å². The minimum atomic E-state index is -0.831. The Hall–Kier alpha value is -3.69. The zero-order valence-corrected chi connectivity index (χ0v) is 25.0. The van der Waals surface area contributed by atoms with Gasteiger partial charge in [0.2, 0.25) is 0 Å². The molecule has 0 radical (unpaired) electrons. The minimum absolute atomic E-state index is 0.0851. The van der Waals surface area contributed by atoms with Crippen LogP contribution in [0.1, 0.15) is 76.8 Å². The van der Waals surface area contributed by atoms with Crippen molar-refractivity contribution in [2.24, 2.45) is 5.73 Å². The predicted molar refractivity (Wildman–Crippen MR) is 160 cm³/mol. The van der Waals surface area contributed by atoms with Gasteiger partial charge in [-0.2, -0.15) is 0 Å². The molecule has 0 saturated heterocycles. The summed E-state index contributed by atoms with van der Waals surface area (Å²) in [5, 5.41) is 3.30. The molecule has 3 aromatic rings. The number of rotatable bonds is 15. The van der Waals surface area contributed by atoms with Gasteiger partial charge in [-0.05, 0) is 73.6 Å². The summed E-state index contributed by atoms with van der Waals surface area (Å²) in [6.07, 6.45) is 1.77. The summed E-state index contributed by atoms with van der Waals surface area (Å²) in [6.45, 7) is 9.70. The fourth-order valence-corrected chi connectivity index (χ4v) is 4.85. The van der Waals surface area contributed by atoms with Crippen LogP contribution >= 0.6 is 0 Å². The Balaban J connectivity index is 1.81. The first kappa shape index (κ1) is 32.8. The number of amides is 1. The number of hydrogen-bond acceptors (Lipinski definition) is 6. The first-order valence-corrected chi connectivity index (χ1v) is 14.6. The van der Waals surface area contributed by atoms with E-state index in [4.69, 9.17) is 10.5 Å². The summed E-state index contributed by atoms with van der Waals surface area (Å²) >= 11 is 0. The fraction of sp³-hybridized carbons (Fsp3) is 0.424. The Labute approximate surface area is 247 Å². The van der Waals surface area contributed by atoms with Gasteiger partial charge in [-0.3, -0.25) is 4.79 Å². The van der Waals surface area contributed by atoms with Crippen molar-refractivity contribution < 1.29 is 23.1 Å². The zero-order valence-electron chi connectivity index (χ0n) is 25.0. The second-order valence-electron chi connectivity index (χ2n) is 10.6. The van der Waals surface area contributed by atoms with Crippen LogP contribution in [-0.2, 0) is 24.1 Å². The van der Waals surface area contributed by atoms with E-state index in [9.17, 15) is 18.4 Å². The van der Waals surface area contributed by atoms with E-state index in [1.807, 2.05) is 26.0 Å². The Morgan fingerprint density at radius 1 is 0.952 bits per heavy atom. The second-order valence-corrected chi connectivity index (χ2v) is 10.6. The van der Waals surface area contributed by atoms with Crippen molar-refractivity contribution >= 4 is 11.9 Å². The molecule has 1 heterocycles. The number of ether oxygens (including phenoxy) is 1. The summed E-state index contributed by atoms with van der Waals surface area (Å²) < 4.78 is 33.6. The van der Waals surface area contributed by atoms with Crippen molar-refractivity contribution in [2.75, 3.05) is 19.6 Å². The third-order valence-corrected chi connectivity index (χ3v) is 6.89. The summed E-state index contributed by atoms with van der Waals surface area (Å²) in [5.41, 5.74) is 9.97. The van der Waals surface area contributed by atoms with Gasteiger partial charge in [0.1, 0.15) is 23.4 Å². The number of pyridine rings is 1. The molecule has 3 rings (SSSR count). The quantitative estimate of drug-likeness (QED) is 0.234. The smallest absolute Gasteiger partial charge is 0.338 e. The molecule has 2 atom stereocenters. The highest BCUT2D eigenvalue weighted by atomic mass is 19.1. The molecule has 0 aliphatic heterocycles. The second kappa shape index (κ2) is 16.1. The van der Waals surface area contributed by atoms with Crippen LogP contribution in [0.2, 0.25) is 0 Å². The van der Waals surface area contributed by atoms with E-state index < -0.39 is 29.7 Å².